The molecule has 0 saturated heterocycles. The molecule has 0 saturated carbocycles. The van der Waals surface area contributed by atoms with Crippen LogP contribution in [0, 0.1) is 5.82 Å². The van der Waals surface area contributed by atoms with Crippen molar-refractivity contribution < 1.29 is 18.7 Å². The quantitative estimate of drug-likeness (QED) is 0.537. The van der Waals surface area contributed by atoms with E-state index >= 15 is 0 Å². The van der Waals surface area contributed by atoms with Crippen LogP contribution in [0.3, 0.4) is 0 Å². The first-order valence-corrected chi connectivity index (χ1v) is 9.22. The van der Waals surface area contributed by atoms with Crippen molar-refractivity contribution in [2.45, 2.75) is 13.5 Å². The van der Waals surface area contributed by atoms with Gasteiger partial charge in [-0.05, 0) is 31.2 Å². The number of nitrogens with zero attached hydrogens (tertiary/aromatic N) is 2. The molecule has 0 spiro atoms. The second-order valence-electron chi connectivity index (χ2n) is 5.69. The summed E-state index contributed by atoms with van der Waals surface area (Å²) in [6.07, 6.45) is 0. The number of esters is 1. The molecule has 8 heteroatoms. The van der Waals surface area contributed by atoms with Gasteiger partial charge < -0.3 is 9.47 Å². The molecule has 0 aliphatic rings. The van der Waals surface area contributed by atoms with Gasteiger partial charge in [0.05, 0.1) is 18.4 Å². The molecule has 0 unspecified atom stereocenters. The molecule has 28 heavy (non-hydrogen) atoms. The van der Waals surface area contributed by atoms with E-state index in [0.717, 1.165) is 15.2 Å². The molecule has 0 amide bonds. The molecule has 0 bridgehead atoms. The number of hydrogen-bond acceptors (Lipinski definition) is 5. The average Bonchev–Trinajstić information content (AvgIpc) is 2.67. The van der Waals surface area contributed by atoms with Crippen LogP contribution in [0.4, 0.5) is 4.39 Å². The largest absolute Gasteiger partial charge is 0.486 e. The molecule has 0 N–H and O–H groups in total. The van der Waals surface area contributed by atoms with E-state index in [0.29, 0.717) is 5.69 Å². The fraction of sp³-hybridized carbons (Fsp3) is 0.150. The van der Waals surface area contributed by atoms with Crippen LogP contribution in [0.1, 0.15) is 23.0 Å². The maximum Gasteiger partial charge on any atom is 0.362 e. The third-order valence-electron chi connectivity index (χ3n) is 3.76. The SMILES string of the molecule is CCOC(=O)c1nn(-c2cccc(Br)c2)c(=O)cc1OCc1ccccc1F. The maximum absolute atomic E-state index is 13.8. The molecule has 6 nitrogen and oxygen atoms in total. The van der Waals surface area contributed by atoms with Crippen LogP contribution in [0.5, 0.6) is 5.75 Å². The summed E-state index contributed by atoms with van der Waals surface area (Å²) in [7, 11) is 0. The van der Waals surface area contributed by atoms with E-state index in [1.165, 1.54) is 6.07 Å². The van der Waals surface area contributed by atoms with Crippen molar-refractivity contribution in [3.05, 3.63) is 86.5 Å². The minimum Gasteiger partial charge on any atom is -0.486 e. The van der Waals surface area contributed by atoms with Crippen molar-refractivity contribution >= 4 is 21.9 Å². The summed E-state index contributed by atoms with van der Waals surface area (Å²) >= 11 is 3.33. The Kier molecular flexibility index (Phi) is 6.20. The van der Waals surface area contributed by atoms with E-state index in [1.54, 1.807) is 49.4 Å². The summed E-state index contributed by atoms with van der Waals surface area (Å²) in [6, 6.07) is 14.1. The number of carbonyl (C=O) groups is 1. The minimum absolute atomic E-state index is 0.0713. The average molecular weight is 447 g/mol. The molecule has 3 aromatic rings. The first-order valence-electron chi connectivity index (χ1n) is 8.43. The third-order valence-corrected chi connectivity index (χ3v) is 4.25. The van der Waals surface area contributed by atoms with Gasteiger partial charge >= 0.3 is 5.97 Å². The summed E-state index contributed by atoms with van der Waals surface area (Å²) in [4.78, 5) is 24.9. The van der Waals surface area contributed by atoms with Gasteiger partial charge in [0, 0.05) is 10.0 Å². The molecule has 0 aliphatic heterocycles. The summed E-state index contributed by atoms with van der Waals surface area (Å²) in [5, 5.41) is 4.13. The number of benzene rings is 2. The zero-order chi connectivity index (χ0) is 20.1. The topological polar surface area (TPSA) is 70.4 Å². The predicted molar refractivity (Wildman–Crippen MR) is 104 cm³/mol. The van der Waals surface area contributed by atoms with Crippen LogP contribution >= 0.6 is 15.9 Å². The van der Waals surface area contributed by atoms with E-state index in [1.807, 2.05) is 0 Å². The molecule has 3 rings (SSSR count). The number of ether oxygens (including phenoxy) is 2. The van der Waals surface area contributed by atoms with Gasteiger partial charge in [-0.15, -0.1) is 0 Å². The minimum atomic E-state index is -0.741. The fourth-order valence-electron chi connectivity index (χ4n) is 2.45. The molecule has 2 aromatic carbocycles. The van der Waals surface area contributed by atoms with Gasteiger partial charge in [-0.3, -0.25) is 4.79 Å². The smallest absolute Gasteiger partial charge is 0.362 e. The zero-order valence-corrected chi connectivity index (χ0v) is 16.5. The molecule has 0 atom stereocenters. The van der Waals surface area contributed by atoms with Crippen molar-refractivity contribution in [3.63, 3.8) is 0 Å². The molecule has 0 fully saturated rings. The molecular formula is C20H16BrFN2O4. The second-order valence-corrected chi connectivity index (χ2v) is 6.60. The predicted octanol–water partition coefficient (Wildman–Crippen LogP) is 3.89. The highest BCUT2D eigenvalue weighted by atomic mass is 79.9. The van der Waals surface area contributed by atoms with Crippen molar-refractivity contribution in [2.24, 2.45) is 0 Å². The van der Waals surface area contributed by atoms with Crippen LogP contribution in [-0.4, -0.2) is 22.4 Å². The van der Waals surface area contributed by atoms with Crippen molar-refractivity contribution in [1.82, 2.24) is 9.78 Å². The molecular weight excluding hydrogens is 431 g/mol. The molecule has 144 valence electrons. The second kappa shape index (κ2) is 8.79. The Hall–Kier alpha value is -3.00. The van der Waals surface area contributed by atoms with Crippen LogP contribution in [0.25, 0.3) is 5.69 Å². The van der Waals surface area contributed by atoms with Crippen molar-refractivity contribution in [2.75, 3.05) is 6.61 Å². The molecule has 1 heterocycles. The lowest BCUT2D eigenvalue weighted by atomic mass is 10.2. The summed E-state index contributed by atoms with van der Waals surface area (Å²) < 4.78 is 26.2. The summed E-state index contributed by atoms with van der Waals surface area (Å²) in [6.45, 7) is 1.62. The van der Waals surface area contributed by atoms with Crippen LogP contribution < -0.4 is 10.3 Å². The lowest BCUT2D eigenvalue weighted by Gasteiger charge is -2.13. The number of hydrogen-bond donors (Lipinski definition) is 0. The Morgan fingerprint density at radius 2 is 1.96 bits per heavy atom. The Labute approximate surface area is 168 Å². The zero-order valence-electron chi connectivity index (χ0n) is 14.9. The highest BCUT2D eigenvalue weighted by molar-refractivity contribution is 9.10. The van der Waals surface area contributed by atoms with Crippen LogP contribution in [0.15, 0.2) is 63.9 Å². The first-order chi connectivity index (χ1) is 13.5. The third kappa shape index (κ3) is 4.45. The van der Waals surface area contributed by atoms with E-state index in [2.05, 4.69) is 21.0 Å². The van der Waals surface area contributed by atoms with Crippen LogP contribution in [0.2, 0.25) is 0 Å². The van der Waals surface area contributed by atoms with E-state index in [-0.39, 0.29) is 30.2 Å². The number of rotatable bonds is 6. The lowest BCUT2D eigenvalue weighted by molar-refractivity contribution is 0.0511. The fourth-order valence-corrected chi connectivity index (χ4v) is 2.84. The van der Waals surface area contributed by atoms with Gasteiger partial charge in [0.2, 0.25) is 5.69 Å². The van der Waals surface area contributed by atoms with Gasteiger partial charge in [-0.25, -0.2) is 9.18 Å². The Balaban J connectivity index is 2.01. The van der Waals surface area contributed by atoms with Crippen molar-refractivity contribution in [3.8, 4) is 11.4 Å². The van der Waals surface area contributed by atoms with Gasteiger partial charge in [-0.2, -0.15) is 9.78 Å². The monoisotopic (exact) mass is 446 g/mol. The van der Waals surface area contributed by atoms with E-state index < -0.39 is 17.3 Å². The van der Waals surface area contributed by atoms with Gasteiger partial charge in [0.25, 0.3) is 5.56 Å². The molecule has 1 aromatic heterocycles. The highest BCUT2D eigenvalue weighted by Crippen LogP contribution is 2.20. The standard InChI is InChI=1S/C20H16BrFN2O4/c1-2-27-20(26)19-17(28-12-13-6-3-4-9-16(13)22)11-18(25)24(23-19)15-8-5-7-14(21)10-15/h3-11H,2,12H2,1H3. The van der Waals surface area contributed by atoms with E-state index in [4.69, 9.17) is 9.47 Å². The number of carbonyl (C=O) groups excluding carboxylic acids is 1. The maximum atomic E-state index is 13.8. The number of aromatic nitrogens is 2. The Morgan fingerprint density at radius 3 is 2.68 bits per heavy atom. The number of halogens is 2. The lowest BCUT2D eigenvalue weighted by Crippen LogP contribution is -2.25. The van der Waals surface area contributed by atoms with Gasteiger partial charge in [-0.1, -0.05) is 40.2 Å². The van der Waals surface area contributed by atoms with Gasteiger partial charge in [0.15, 0.2) is 5.75 Å². The summed E-state index contributed by atoms with van der Waals surface area (Å²) in [5.41, 5.74) is 0.0755. The van der Waals surface area contributed by atoms with Crippen molar-refractivity contribution in [1.29, 1.82) is 0 Å². The Bertz CT molecular complexity index is 1070. The Morgan fingerprint density at radius 1 is 1.18 bits per heavy atom. The molecule has 0 radical (unpaired) electrons. The van der Waals surface area contributed by atoms with E-state index in [9.17, 15) is 14.0 Å². The summed E-state index contributed by atoms with van der Waals surface area (Å²) in [5.74, 6) is -1.26. The molecule has 0 aliphatic carbocycles. The normalized spacial score (nSPS) is 10.5. The van der Waals surface area contributed by atoms with Crippen LogP contribution in [-0.2, 0) is 11.3 Å². The first kappa shape index (κ1) is 19.8. The van der Waals surface area contributed by atoms with Gasteiger partial charge in [0.1, 0.15) is 12.4 Å². The highest BCUT2D eigenvalue weighted by Gasteiger charge is 2.20.